The van der Waals surface area contributed by atoms with E-state index in [4.69, 9.17) is 10.5 Å². The van der Waals surface area contributed by atoms with Crippen LogP contribution < -0.4 is 10.6 Å². The van der Waals surface area contributed by atoms with Gasteiger partial charge < -0.3 is 30.0 Å². The van der Waals surface area contributed by atoms with Crippen LogP contribution in [-0.2, 0) is 25.7 Å². The zero-order valence-corrected chi connectivity index (χ0v) is 19.2. The van der Waals surface area contributed by atoms with Crippen molar-refractivity contribution in [2.45, 2.75) is 25.8 Å². The van der Waals surface area contributed by atoms with Crippen molar-refractivity contribution < 1.29 is 19.1 Å². The molecular formula is C22H35N7O4. The summed E-state index contributed by atoms with van der Waals surface area (Å²) in [6.07, 6.45) is 5.23. The molecular weight excluding hydrogens is 426 g/mol. The van der Waals surface area contributed by atoms with Gasteiger partial charge in [0.25, 0.3) is 0 Å². The highest BCUT2D eigenvalue weighted by atomic mass is 16.5. The second-order valence-corrected chi connectivity index (χ2v) is 8.25. The van der Waals surface area contributed by atoms with Crippen LogP contribution in [0.2, 0.25) is 0 Å². The topological polar surface area (TPSA) is 125 Å². The Bertz CT molecular complexity index is 761. The number of rotatable bonds is 11. The molecule has 11 nitrogen and oxygen atoms in total. The van der Waals surface area contributed by atoms with E-state index >= 15 is 0 Å². The number of ether oxygens (including phenoxy) is 1. The fourth-order valence-corrected chi connectivity index (χ4v) is 3.95. The summed E-state index contributed by atoms with van der Waals surface area (Å²) in [6, 6.07) is 0. The number of carbonyl (C=O) groups excluding carboxylic acids is 3. The quantitative estimate of drug-likeness (QED) is 0.330. The Morgan fingerprint density at radius 3 is 2.12 bits per heavy atom. The van der Waals surface area contributed by atoms with Crippen molar-refractivity contribution in [2.75, 3.05) is 77.0 Å². The maximum atomic E-state index is 12.5. The third kappa shape index (κ3) is 7.72. The van der Waals surface area contributed by atoms with Crippen molar-refractivity contribution in [1.82, 2.24) is 24.7 Å². The number of aromatic nitrogens is 2. The van der Waals surface area contributed by atoms with E-state index in [-0.39, 0.29) is 11.8 Å². The van der Waals surface area contributed by atoms with Crippen molar-refractivity contribution in [3.63, 3.8) is 0 Å². The molecule has 2 fully saturated rings. The smallest absolute Gasteiger partial charge is 0.225 e. The van der Waals surface area contributed by atoms with E-state index in [2.05, 4.69) is 19.8 Å². The molecule has 0 aliphatic carbocycles. The predicted molar refractivity (Wildman–Crippen MR) is 122 cm³/mol. The van der Waals surface area contributed by atoms with E-state index in [1.807, 2.05) is 9.80 Å². The Hall–Kier alpha value is -2.63. The molecule has 0 unspecified atom stereocenters. The molecule has 1 aromatic heterocycles. The lowest BCUT2D eigenvalue weighted by molar-refractivity contribution is -0.133. The lowest BCUT2D eigenvalue weighted by Crippen LogP contribution is -2.49. The summed E-state index contributed by atoms with van der Waals surface area (Å²) in [5, 5.41) is 0. The number of hydrogen-bond acceptors (Lipinski definition) is 9. The normalized spacial score (nSPS) is 17.3. The second kappa shape index (κ2) is 13.2. The second-order valence-electron chi connectivity index (χ2n) is 8.25. The zero-order chi connectivity index (χ0) is 23.5. The Kier molecular flexibility index (Phi) is 9.98. The molecule has 0 bridgehead atoms. The first-order valence-electron chi connectivity index (χ1n) is 11.7. The van der Waals surface area contributed by atoms with Crippen LogP contribution in [0.15, 0.2) is 12.4 Å². The molecule has 0 aromatic carbocycles. The first kappa shape index (κ1) is 25.0. The highest BCUT2D eigenvalue weighted by Gasteiger charge is 2.23. The van der Waals surface area contributed by atoms with Gasteiger partial charge in [0.1, 0.15) is 6.29 Å². The zero-order valence-electron chi connectivity index (χ0n) is 19.2. The number of piperazine rings is 2. The summed E-state index contributed by atoms with van der Waals surface area (Å²) in [5.41, 5.74) is 6.48. The summed E-state index contributed by atoms with van der Waals surface area (Å²) < 4.78 is 5.69. The highest BCUT2D eigenvalue weighted by molar-refractivity contribution is 5.78. The van der Waals surface area contributed by atoms with Crippen molar-refractivity contribution in [2.24, 2.45) is 5.73 Å². The summed E-state index contributed by atoms with van der Waals surface area (Å²) in [6.45, 7) is 7.87. The van der Waals surface area contributed by atoms with Crippen LogP contribution >= 0.6 is 0 Å². The van der Waals surface area contributed by atoms with Crippen LogP contribution in [-0.4, -0.2) is 115 Å². The number of amides is 2. The molecule has 33 heavy (non-hydrogen) atoms. The molecule has 3 rings (SSSR count). The molecule has 1 aromatic rings. The summed E-state index contributed by atoms with van der Waals surface area (Å²) >= 11 is 0. The maximum absolute atomic E-state index is 12.5. The maximum Gasteiger partial charge on any atom is 0.225 e. The number of carbonyl (C=O) groups is 3. The van der Waals surface area contributed by atoms with Gasteiger partial charge in [0.05, 0.1) is 19.6 Å². The molecule has 11 heteroatoms. The van der Waals surface area contributed by atoms with Crippen molar-refractivity contribution in [1.29, 1.82) is 0 Å². The van der Waals surface area contributed by atoms with Gasteiger partial charge in [-0.05, 0) is 0 Å². The lowest BCUT2D eigenvalue weighted by Gasteiger charge is -2.35. The van der Waals surface area contributed by atoms with E-state index in [9.17, 15) is 14.4 Å². The highest BCUT2D eigenvalue weighted by Crippen LogP contribution is 2.12. The third-order valence-corrected chi connectivity index (χ3v) is 6.06. The van der Waals surface area contributed by atoms with Crippen LogP contribution in [0.3, 0.4) is 0 Å². The predicted octanol–water partition coefficient (Wildman–Crippen LogP) is -0.886. The first-order chi connectivity index (χ1) is 16.1. The van der Waals surface area contributed by atoms with E-state index in [1.165, 1.54) is 0 Å². The van der Waals surface area contributed by atoms with Gasteiger partial charge in [-0.1, -0.05) is 0 Å². The molecule has 2 amide bonds. The number of hydrogen-bond donors (Lipinski definition) is 1. The SMILES string of the molecule is NCc1cnc(N2CCN(C(=O)CCOCCN3CCN(C(=O)CCC=O)CC3)CC2)nc1. The number of nitrogens with zero attached hydrogens (tertiary/aromatic N) is 6. The lowest BCUT2D eigenvalue weighted by atomic mass is 10.2. The van der Waals surface area contributed by atoms with Crippen LogP contribution in [0.4, 0.5) is 5.95 Å². The van der Waals surface area contributed by atoms with Crippen LogP contribution in [0.25, 0.3) is 0 Å². The fourth-order valence-electron chi connectivity index (χ4n) is 3.95. The molecule has 2 aliphatic heterocycles. The van der Waals surface area contributed by atoms with Gasteiger partial charge in [0.15, 0.2) is 0 Å². The van der Waals surface area contributed by atoms with E-state index < -0.39 is 0 Å². The van der Waals surface area contributed by atoms with Gasteiger partial charge in [-0.15, -0.1) is 0 Å². The van der Waals surface area contributed by atoms with Gasteiger partial charge in [0.2, 0.25) is 17.8 Å². The first-order valence-corrected chi connectivity index (χ1v) is 11.7. The minimum absolute atomic E-state index is 0.0503. The third-order valence-electron chi connectivity index (χ3n) is 6.06. The molecule has 2 N–H and O–H groups in total. The van der Waals surface area contributed by atoms with E-state index in [1.54, 1.807) is 12.4 Å². The Morgan fingerprint density at radius 2 is 1.52 bits per heavy atom. The monoisotopic (exact) mass is 461 g/mol. The minimum Gasteiger partial charge on any atom is -0.380 e. The van der Waals surface area contributed by atoms with Gasteiger partial charge in [0, 0.05) is 96.2 Å². The van der Waals surface area contributed by atoms with Gasteiger partial charge in [-0.3, -0.25) is 14.5 Å². The average molecular weight is 462 g/mol. The number of anilines is 1. The van der Waals surface area contributed by atoms with Gasteiger partial charge in [-0.2, -0.15) is 0 Å². The van der Waals surface area contributed by atoms with Crippen molar-refractivity contribution in [3.8, 4) is 0 Å². The van der Waals surface area contributed by atoms with E-state index in [0.29, 0.717) is 84.2 Å². The fraction of sp³-hybridized carbons (Fsp3) is 0.682. The van der Waals surface area contributed by atoms with Crippen molar-refractivity contribution >= 4 is 24.0 Å². The average Bonchev–Trinajstić information content (AvgIpc) is 2.87. The number of aldehydes is 1. The Morgan fingerprint density at radius 1 is 0.909 bits per heavy atom. The summed E-state index contributed by atoms with van der Waals surface area (Å²) in [7, 11) is 0. The minimum atomic E-state index is 0.0503. The molecule has 0 saturated carbocycles. The van der Waals surface area contributed by atoms with Crippen molar-refractivity contribution in [3.05, 3.63) is 18.0 Å². The Balaban J connectivity index is 1.24. The number of nitrogens with two attached hydrogens (primary N) is 1. The van der Waals surface area contributed by atoms with Crippen LogP contribution in [0.5, 0.6) is 0 Å². The van der Waals surface area contributed by atoms with Crippen LogP contribution in [0, 0.1) is 0 Å². The molecule has 2 aliphatic rings. The molecule has 182 valence electrons. The molecule has 3 heterocycles. The molecule has 0 atom stereocenters. The summed E-state index contributed by atoms with van der Waals surface area (Å²) in [5.74, 6) is 0.833. The standard InChI is InChI=1S/C22H35N7O4/c23-16-19-17-24-22(25-18-19)29-10-8-28(9-11-29)21(32)3-14-33-15-12-26-4-6-27(7-5-26)20(31)2-1-13-30/h13,17-18H,1-12,14-16,23H2. The summed E-state index contributed by atoms with van der Waals surface area (Å²) in [4.78, 5) is 51.6. The van der Waals surface area contributed by atoms with Gasteiger partial charge in [-0.25, -0.2) is 9.97 Å². The largest absolute Gasteiger partial charge is 0.380 e. The van der Waals surface area contributed by atoms with E-state index in [0.717, 1.165) is 31.5 Å². The molecule has 2 saturated heterocycles. The van der Waals surface area contributed by atoms with Crippen LogP contribution in [0.1, 0.15) is 24.8 Å². The molecule has 0 spiro atoms. The Labute approximate surface area is 194 Å². The van der Waals surface area contributed by atoms with Gasteiger partial charge >= 0.3 is 0 Å². The molecule has 0 radical (unpaired) electrons.